The van der Waals surface area contributed by atoms with E-state index in [4.69, 9.17) is 9.47 Å². The maximum atomic E-state index is 12.8. The summed E-state index contributed by atoms with van der Waals surface area (Å²) in [5.74, 6) is -1.21. The molecular formula is C24H25NO5. The summed E-state index contributed by atoms with van der Waals surface area (Å²) in [5.41, 5.74) is -0.0524. The van der Waals surface area contributed by atoms with E-state index in [1.54, 1.807) is 6.07 Å². The maximum absolute atomic E-state index is 12.8. The Morgan fingerprint density at radius 3 is 2.37 bits per heavy atom. The van der Waals surface area contributed by atoms with E-state index in [0.29, 0.717) is 19.0 Å². The normalized spacial score (nSPS) is 11.3. The molecule has 30 heavy (non-hydrogen) atoms. The fraction of sp³-hybridized carbons (Fsp3) is 0.250. The molecule has 0 unspecified atom stereocenters. The predicted molar refractivity (Wildman–Crippen MR) is 115 cm³/mol. The topological polar surface area (TPSA) is 84.9 Å². The van der Waals surface area contributed by atoms with E-state index < -0.39 is 17.4 Å². The van der Waals surface area contributed by atoms with Gasteiger partial charge in [-0.05, 0) is 30.9 Å². The van der Waals surface area contributed by atoms with Crippen LogP contribution in [0.25, 0.3) is 10.8 Å². The Balaban J connectivity index is 1.75. The quantitative estimate of drug-likeness (QED) is 0.523. The van der Waals surface area contributed by atoms with Gasteiger partial charge in [-0.3, -0.25) is 4.79 Å². The average Bonchev–Trinajstić information content (AvgIpc) is 2.73. The van der Waals surface area contributed by atoms with Gasteiger partial charge < -0.3 is 19.9 Å². The molecule has 0 saturated heterocycles. The van der Waals surface area contributed by atoms with Gasteiger partial charge in [0.15, 0.2) is 0 Å². The highest BCUT2D eigenvalue weighted by molar-refractivity contribution is 6.05. The van der Waals surface area contributed by atoms with Crippen LogP contribution in [0.3, 0.4) is 0 Å². The van der Waals surface area contributed by atoms with E-state index in [9.17, 15) is 14.7 Å². The molecular weight excluding hydrogens is 382 g/mol. The van der Waals surface area contributed by atoms with Crippen molar-refractivity contribution in [3.8, 4) is 5.75 Å². The Morgan fingerprint density at radius 2 is 1.63 bits per heavy atom. The van der Waals surface area contributed by atoms with Crippen LogP contribution >= 0.6 is 0 Å². The number of aliphatic carboxylic acids is 1. The zero-order valence-corrected chi connectivity index (χ0v) is 17.1. The van der Waals surface area contributed by atoms with Crippen LogP contribution in [0.4, 0.5) is 0 Å². The average molecular weight is 407 g/mol. The van der Waals surface area contributed by atoms with Crippen LogP contribution in [0, 0.1) is 0 Å². The number of fused-ring (bicyclic) bond motifs is 1. The Morgan fingerprint density at radius 1 is 0.933 bits per heavy atom. The highest BCUT2D eigenvalue weighted by Gasteiger charge is 2.30. The zero-order valence-electron chi connectivity index (χ0n) is 17.1. The summed E-state index contributed by atoms with van der Waals surface area (Å²) in [6, 6.07) is 20.9. The largest absolute Gasteiger partial charge is 0.490 e. The first-order valence-electron chi connectivity index (χ1n) is 9.70. The monoisotopic (exact) mass is 407 g/mol. The van der Waals surface area contributed by atoms with Crippen LogP contribution in [-0.4, -0.2) is 35.7 Å². The summed E-state index contributed by atoms with van der Waals surface area (Å²) in [4.78, 5) is 24.2. The predicted octanol–water partition coefficient (Wildman–Crippen LogP) is 4.03. The molecule has 3 rings (SSSR count). The van der Waals surface area contributed by atoms with Gasteiger partial charge in [0.25, 0.3) is 5.91 Å². The Hall–Kier alpha value is -3.38. The van der Waals surface area contributed by atoms with Gasteiger partial charge in [0.05, 0.1) is 18.8 Å². The number of carboxylic acid groups (broad SMARTS) is 1. The summed E-state index contributed by atoms with van der Waals surface area (Å²) >= 11 is 0. The van der Waals surface area contributed by atoms with E-state index in [1.165, 1.54) is 13.8 Å². The van der Waals surface area contributed by atoms with Gasteiger partial charge in [-0.2, -0.15) is 0 Å². The Labute approximate surface area is 175 Å². The molecule has 6 heteroatoms. The van der Waals surface area contributed by atoms with Crippen molar-refractivity contribution in [3.63, 3.8) is 0 Å². The molecule has 3 aromatic rings. The number of hydrogen-bond acceptors (Lipinski definition) is 4. The fourth-order valence-corrected chi connectivity index (χ4v) is 2.95. The van der Waals surface area contributed by atoms with Gasteiger partial charge in [0, 0.05) is 5.39 Å². The molecule has 0 saturated carbocycles. The molecule has 0 bridgehead atoms. The van der Waals surface area contributed by atoms with Crippen molar-refractivity contribution in [2.24, 2.45) is 0 Å². The summed E-state index contributed by atoms with van der Waals surface area (Å²) in [7, 11) is 0. The molecule has 0 aromatic heterocycles. The van der Waals surface area contributed by atoms with Crippen LogP contribution in [0.1, 0.15) is 29.8 Å². The molecule has 0 radical (unpaired) electrons. The van der Waals surface area contributed by atoms with E-state index in [0.717, 1.165) is 16.3 Å². The molecule has 0 aliphatic heterocycles. The number of carboxylic acids is 1. The van der Waals surface area contributed by atoms with Crippen molar-refractivity contribution in [3.05, 3.63) is 77.9 Å². The molecule has 0 heterocycles. The number of carbonyl (C=O) groups is 2. The standard InChI is InChI=1S/C24H25NO5/c1-24(2,23(27)28)25-22(26)20-13-12-18-10-6-7-11-19(18)21(20)30-15-14-29-16-17-8-4-3-5-9-17/h3-13H,14-16H2,1-2H3,(H,25,26)(H,27,28). The second kappa shape index (κ2) is 9.41. The van der Waals surface area contributed by atoms with Crippen molar-refractivity contribution in [2.75, 3.05) is 13.2 Å². The molecule has 0 aliphatic carbocycles. The number of hydrogen-bond donors (Lipinski definition) is 2. The van der Waals surface area contributed by atoms with Crippen molar-refractivity contribution < 1.29 is 24.2 Å². The lowest BCUT2D eigenvalue weighted by atomic mass is 10.0. The molecule has 0 atom stereocenters. The first-order valence-corrected chi connectivity index (χ1v) is 9.70. The molecule has 6 nitrogen and oxygen atoms in total. The molecule has 0 aliphatic rings. The summed E-state index contributed by atoms with van der Waals surface area (Å²) < 4.78 is 11.6. The van der Waals surface area contributed by atoms with E-state index in [1.807, 2.05) is 60.7 Å². The van der Waals surface area contributed by atoms with Crippen molar-refractivity contribution in [1.29, 1.82) is 0 Å². The lowest BCUT2D eigenvalue weighted by Crippen LogP contribution is -2.49. The first-order chi connectivity index (χ1) is 14.4. The van der Waals surface area contributed by atoms with Gasteiger partial charge >= 0.3 is 5.97 Å². The van der Waals surface area contributed by atoms with Crippen molar-refractivity contribution >= 4 is 22.6 Å². The SMILES string of the molecule is CC(C)(NC(=O)c1ccc2ccccc2c1OCCOCc1ccccc1)C(=O)O. The van der Waals surface area contributed by atoms with Crippen LogP contribution < -0.4 is 10.1 Å². The van der Waals surface area contributed by atoms with Gasteiger partial charge in [0.2, 0.25) is 0 Å². The number of benzene rings is 3. The van der Waals surface area contributed by atoms with Crippen LogP contribution in [0.2, 0.25) is 0 Å². The van der Waals surface area contributed by atoms with Gasteiger partial charge in [0.1, 0.15) is 17.9 Å². The van der Waals surface area contributed by atoms with Crippen LogP contribution in [0.15, 0.2) is 66.7 Å². The number of ether oxygens (including phenoxy) is 2. The first kappa shape index (κ1) is 21.3. The lowest BCUT2D eigenvalue weighted by molar-refractivity contribution is -0.143. The molecule has 0 spiro atoms. The second-order valence-electron chi connectivity index (χ2n) is 7.43. The van der Waals surface area contributed by atoms with Gasteiger partial charge in [-0.15, -0.1) is 0 Å². The molecule has 1 amide bonds. The summed E-state index contributed by atoms with van der Waals surface area (Å²) in [6.45, 7) is 3.95. The third-order valence-electron chi connectivity index (χ3n) is 4.67. The van der Waals surface area contributed by atoms with Crippen LogP contribution in [-0.2, 0) is 16.1 Å². The van der Waals surface area contributed by atoms with Crippen molar-refractivity contribution in [2.45, 2.75) is 26.0 Å². The van der Waals surface area contributed by atoms with Gasteiger partial charge in [-0.1, -0.05) is 60.7 Å². The van der Waals surface area contributed by atoms with Gasteiger partial charge in [-0.25, -0.2) is 4.79 Å². The third-order valence-corrected chi connectivity index (χ3v) is 4.67. The minimum atomic E-state index is -1.40. The number of rotatable bonds is 9. The summed E-state index contributed by atoms with van der Waals surface area (Å²) in [6.07, 6.45) is 0. The maximum Gasteiger partial charge on any atom is 0.328 e. The minimum Gasteiger partial charge on any atom is -0.490 e. The molecule has 3 aromatic carbocycles. The Kier molecular flexibility index (Phi) is 6.69. The minimum absolute atomic E-state index is 0.253. The van der Waals surface area contributed by atoms with E-state index in [2.05, 4.69) is 5.32 Å². The van der Waals surface area contributed by atoms with Crippen molar-refractivity contribution in [1.82, 2.24) is 5.32 Å². The smallest absolute Gasteiger partial charge is 0.328 e. The number of nitrogens with one attached hydrogen (secondary N) is 1. The molecule has 0 fully saturated rings. The zero-order chi connectivity index (χ0) is 21.6. The fourth-order valence-electron chi connectivity index (χ4n) is 2.95. The Bertz CT molecular complexity index is 1030. The number of carbonyl (C=O) groups excluding carboxylic acids is 1. The van der Waals surface area contributed by atoms with E-state index >= 15 is 0 Å². The molecule has 156 valence electrons. The van der Waals surface area contributed by atoms with E-state index in [-0.39, 0.29) is 12.2 Å². The highest BCUT2D eigenvalue weighted by Crippen LogP contribution is 2.30. The third kappa shape index (κ3) is 5.15. The van der Waals surface area contributed by atoms with Crippen LogP contribution in [0.5, 0.6) is 5.75 Å². The lowest BCUT2D eigenvalue weighted by Gasteiger charge is -2.22. The second-order valence-corrected chi connectivity index (χ2v) is 7.43. The number of amides is 1. The highest BCUT2D eigenvalue weighted by atomic mass is 16.5. The summed E-state index contributed by atoms with van der Waals surface area (Å²) in [5, 5.41) is 13.6. The molecule has 2 N–H and O–H groups in total.